The molecule has 0 bridgehead atoms. The molecule has 26 heavy (non-hydrogen) atoms. The molecule has 0 heterocycles. The van der Waals surface area contributed by atoms with Crippen LogP contribution < -0.4 is 0 Å². The summed E-state index contributed by atoms with van der Waals surface area (Å²) in [6, 6.07) is 0. The van der Waals surface area contributed by atoms with Crippen molar-refractivity contribution >= 4 is 0 Å². The van der Waals surface area contributed by atoms with Gasteiger partial charge >= 0.3 is 0 Å². The van der Waals surface area contributed by atoms with Gasteiger partial charge in [0.2, 0.25) is 0 Å². The number of fused-ring (bicyclic) bond motifs is 3. The van der Waals surface area contributed by atoms with E-state index in [-0.39, 0.29) is 0 Å². The minimum Gasteiger partial charge on any atom is -0.378 e. The molecule has 152 valence electrons. The van der Waals surface area contributed by atoms with Gasteiger partial charge in [0, 0.05) is 6.61 Å². The van der Waals surface area contributed by atoms with Crippen molar-refractivity contribution < 1.29 is 4.74 Å². The number of hydrogen-bond donors (Lipinski definition) is 0. The van der Waals surface area contributed by atoms with Crippen molar-refractivity contribution in [3.8, 4) is 0 Å². The molecule has 3 aliphatic carbocycles. The van der Waals surface area contributed by atoms with E-state index in [2.05, 4.69) is 13.8 Å². The number of unbranched alkanes of at least 4 members (excludes halogenated alkanes) is 5. The van der Waals surface area contributed by atoms with Crippen molar-refractivity contribution in [2.45, 2.75) is 123 Å². The molecule has 0 amide bonds. The van der Waals surface area contributed by atoms with Crippen LogP contribution in [0.15, 0.2) is 0 Å². The highest BCUT2D eigenvalue weighted by Crippen LogP contribution is 2.53. The first-order valence-electron chi connectivity index (χ1n) is 12.4. The lowest BCUT2D eigenvalue weighted by molar-refractivity contribution is -0.0537. The van der Waals surface area contributed by atoms with E-state index in [1.807, 2.05) is 0 Å². The van der Waals surface area contributed by atoms with Gasteiger partial charge in [-0.15, -0.1) is 0 Å². The Morgan fingerprint density at radius 3 is 2.12 bits per heavy atom. The van der Waals surface area contributed by atoms with E-state index >= 15 is 0 Å². The Morgan fingerprint density at radius 1 is 0.654 bits per heavy atom. The predicted molar refractivity (Wildman–Crippen MR) is 112 cm³/mol. The lowest BCUT2D eigenvalue weighted by Crippen LogP contribution is -2.42. The van der Waals surface area contributed by atoms with Crippen LogP contribution in [-0.4, -0.2) is 12.7 Å². The molecule has 3 rings (SSSR count). The highest BCUT2D eigenvalue weighted by atomic mass is 16.5. The molecular weight excluding hydrogens is 316 g/mol. The van der Waals surface area contributed by atoms with E-state index < -0.39 is 0 Å². The van der Waals surface area contributed by atoms with Gasteiger partial charge in [0.15, 0.2) is 0 Å². The lowest BCUT2D eigenvalue weighted by Gasteiger charge is -2.50. The second-order valence-electron chi connectivity index (χ2n) is 9.97. The van der Waals surface area contributed by atoms with Crippen molar-refractivity contribution in [3.05, 3.63) is 0 Å². The topological polar surface area (TPSA) is 9.23 Å². The molecule has 0 aliphatic heterocycles. The summed E-state index contributed by atoms with van der Waals surface area (Å²) >= 11 is 0. The zero-order valence-electron chi connectivity index (χ0n) is 17.9. The van der Waals surface area contributed by atoms with Crippen LogP contribution in [-0.2, 0) is 4.74 Å². The monoisotopic (exact) mass is 362 g/mol. The van der Waals surface area contributed by atoms with E-state index in [0.29, 0.717) is 6.10 Å². The van der Waals surface area contributed by atoms with Crippen LogP contribution in [0.3, 0.4) is 0 Å². The van der Waals surface area contributed by atoms with Gasteiger partial charge in [0.05, 0.1) is 6.10 Å². The summed E-state index contributed by atoms with van der Waals surface area (Å²) in [7, 11) is 0. The molecule has 6 atom stereocenters. The highest BCUT2D eigenvalue weighted by molar-refractivity contribution is 4.94. The van der Waals surface area contributed by atoms with Crippen LogP contribution in [0.4, 0.5) is 0 Å². The fraction of sp³-hybridized carbons (Fsp3) is 1.00. The molecule has 0 aromatic heterocycles. The first-order valence-corrected chi connectivity index (χ1v) is 12.4. The van der Waals surface area contributed by atoms with Crippen molar-refractivity contribution in [3.63, 3.8) is 0 Å². The van der Waals surface area contributed by atoms with Crippen molar-refractivity contribution in [1.29, 1.82) is 0 Å². The third kappa shape index (κ3) is 5.73. The second-order valence-corrected chi connectivity index (χ2v) is 9.97. The summed E-state index contributed by atoms with van der Waals surface area (Å²) in [6.45, 7) is 5.59. The van der Waals surface area contributed by atoms with Crippen LogP contribution >= 0.6 is 0 Å². The molecular formula is C25H46O. The standard InChI is InChI=1S/C25H46O/c1-3-5-7-8-9-10-20-11-15-24-21(18-20)12-13-22-19-23(14-16-25(22)24)26-17-6-4-2/h20-25H,3-19H2,1-2H3/t20-,21?,22?,23-,24?,25?/m0/s1. The zero-order valence-corrected chi connectivity index (χ0v) is 17.9. The van der Waals surface area contributed by atoms with Gasteiger partial charge in [0.25, 0.3) is 0 Å². The molecule has 0 aromatic rings. The first kappa shape index (κ1) is 20.7. The van der Waals surface area contributed by atoms with Crippen molar-refractivity contribution in [2.24, 2.45) is 29.6 Å². The van der Waals surface area contributed by atoms with Crippen molar-refractivity contribution in [2.75, 3.05) is 6.61 Å². The van der Waals surface area contributed by atoms with Gasteiger partial charge in [-0.2, -0.15) is 0 Å². The minimum absolute atomic E-state index is 0.596. The van der Waals surface area contributed by atoms with Crippen molar-refractivity contribution in [1.82, 2.24) is 0 Å². The number of rotatable bonds is 10. The molecule has 0 saturated heterocycles. The average Bonchev–Trinajstić information content (AvgIpc) is 2.67. The maximum absolute atomic E-state index is 6.20. The summed E-state index contributed by atoms with van der Waals surface area (Å²) in [6.07, 6.45) is 23.9. The molecule has 0 radical (unpaired) electrons. The number of hydrogen-bond acceptors (Lipinski definition) is 1. The Kier molecular flexibility index (Phi) is 8.82. The Bertz CT molecular complexity index is 378. The SMILES string of the molecule is CCCCCCC[C@H]1CCC2C(CCC3C[C@@H](OCCCC)CCC32)C1. The lowest BCUT2D eigenvalue weighted by atomic mass is 9.56. The third-order valence-corrected chi connectivity index (χ3v) is 8.17. The van der Waals surface area contributed by atoms with E-state index in [1.54, 1.807) is 25.7 Å². The van der Waals surface area contributed by atoms with Gasteiger partial charge in [-0.1, -0.05) is 65.2 Å². The van der Waals surface area contributed by atoms with Crippen LogP contribution in [0, 0.1) is 29.6 Å². The molecule has 3 fully saturated rings. The number of ether oxygens (including phenoxy) is 1. The fourth-order valence-corrected chi connectivity index (χ4v) is 6.69. The molecule has 4 unspecified atom stereocenters. The van der Waals surface area contributed by atoms with Gasteiger partial charge in [-0.3, -0.25) is 0 Å². The zero-order chi connectivity index (χ0) is 18.2. The van der Waals surface area contributed by atoms with E-state index in [9.17, 15) is 0 Å². The second kappa shape index (κ2) is 11.1. The van der Waals surface area contributed by atoms with Crippen LogP contribution in [0.2, 0.25) is 0 Å². The average molecular weight is 363 g/mol. The summed E-state index contributed by atoms with van der Waals surface area (Å²) in [5, 5.41) is 0. The quantitative estimate of drug-likeness (QED) is 0.360. The summed E-state index contributed by atoms with van der Waals surface area (Å²) in [5.41, 5.74) is 0. The Morgan fingerprint density at radius 2 is 1.35 bits per heavy atom. The Hall–Kier alpha value is -0.0400. The molecule has 0 N–H and O–H groups in total. The van der Waals surface area contributed by atoms with Crippen LogP contribution in [0.1, 0.15) is 117 Å². The fourth-order valence-electron chi connectivity index (χ4n) is 6.69. The normalized spacial score (nSPS) is 37.2. The molecule has 3 aliphatic rings. The minimum atomic E-state index is 0.596. The molecule has 1 nitrogen and oxygen atoms in total. The van der Waals surface area contributed by atoms with Crippen LogP contribution in [0.25, 0.3) is 0 Å². The molecule has 0 spiro atoms. The summed E-state index contributed by atoms with van der Waals surface area (Å²) in [4.78, 5) is 0. The Labute approximate surface area is 164 Å². The highest BCUT2D eigenvalue weighted by Gasteiger charge is 2.44. The molecule has 0 aromatic carbocycles. The predicted octanol–water partition coefficient (Wildman–Crippen LogP) is 7.77. The van der Waals surface area contributed by atoms with E-state index in [0.717, 1.165) is 36.2 Å². The maximum atomic E-state index is 6.20. The van der Waals surface area contributed by atoms with Gasteiger partial charge in [-0.05, 0) is 81.0 Å². The smallest absolute Gasteiger partial charge is 0.0578 e. The maximum Gasteiger partial charge on any atom is 0.0578 e. The van der Waals surface area contributed by atoms with Crippen LogP contribution in [0.5, 0.6) is 0 Å². The van der Waals surface area contributed by atoms with E-state index in [1.165, 1.54) is 77.0 Å². The summed E-state index contributed by atoms with van der Waals surface area (Å²) < 4.78 is 6.20. The van der Waals surface area contributed by atoms with Gasteiger partial charge < -0.3 is 4.74 Å². The third-order valence-electron chi connectivity index (χ3n) is 8.17. The van der Waals surface area contributed by atoms with Gasteiger partial charge in [-0.25, -0.2) is 0 Å². The first-order chi connectivity index (χ1) is 12.8. The van der Waals surface area contributed by atoms with Gasteiger partial charge in [0.1, 0.15) is 0 Å². The summed E-state index contributed by atoms with van der Waals surface area (Å²) in [5.74, 6) is 5.31. The largest absolute Gasteiger partial charge is 0.378 e. The van der Waals surface area contributed by atoms with E-state index in [4.69, 9.17) is 4.74 Å². The Balaban J connectivity index is 1.39. The molecule has 1 heteroatoms. The molecule has 3 saturated carbocycles.